The fraction of sp³-hybridized carbons (Fsp3) is 0.588. The Morgan fingerprint density at radius 3 is 2.36 bits per heavy atom. The molecule has 0 saturated carbocycles. The fourth-order valence-electron chi connectivity index (χ4n) is 3.28. The minimum atomic E-state index is 0.129. The molecule has 1 amide bonds. The van der Waals surface area contributed by atoms with E-state index in [0.717, 1.165) is 64.3 Å². The number of morpholine rings is 1. The molecule has 120 valence electrons. The molecule has 5 nitrogen and oxygen atoms in total. The number of anilines is 1. The van der Waals surface area contributed by atoms with Gasteiger partial charge < -0.3 is 15.4 Å². The van der Waals surface area contributed by atoms with Crippen LogP contribution in [-0.2, 0) is 4.74 Å². The molecule has 0 aliphatic carbocycles. The Hall–Kier alpha value is -1.59. The molecule has 2 heterocycles. The van der Waals surface area contributed by atoms with E-state index in [9.17, 15) is 4.79 Å². The van der Waals surface area contributed by atoms with Gasteiger partial charge in [-0.15, -0.1) is 0 Å². The second-order valence-corrected chi connectivity index (χ2v) is 6.27. The van der Waals surface area contributed by atoms with Crippen LogP contribution in [0, 0.1) is 5.92 Å². The van der Waals surface area contributed by atoms with Crippen LogP contribution < -0.4 is 5.73 Å². The first-order valence-corrected chi connectivity index (χ1v) is 8.17. The molecule has 3 rings (SSSR count). The number of likely N-dealkylation sites (tertiary alicyclic amines) is 1. The van der Waals surface area contributed by atoms with E-state index in [1.165, 1.54) is 0 Å². The summed E-state index contributed by atoms with van der Waals surface area (Å²) in [5.74, 6) is 0.832. The third-order valence-electron chi connectivity index (χ3n) is 4.68. The van der Waals surface area contributed by atoms with E-state index in [4.69, 9.17) is 10.5 Å². The van der Waals surface area contributed by atoms with Crippen LogP contribution in [0.2, 0.25) is 0 Å². The summed E-state index contributed by atoms with van der Waals surface area (Å²) in [6.07, 6.45) is 2.19. The number of benzene rings is 1. The minimum absolute atomic E-state index is 0.129. The van der Waals surface area contributed by atoms with Gasteiger partial charge in [0.1, 0.15) is 0 Å². The molecule has 0 atom stereocenters. The van der Waals surface area contributed by atoms with Gasteiger partial charge in [0.15, 0.2) is 0 Å². The third-order valence-corrected chi connectivity index (χ3v) is 4.68. The number of carbonyl (C=O) groups excluding carboxylic acids is 1. The van der Waals surface area contributed by atoms with Crippen molar-refractivity contribution < 1.29 is 9.53 Å². The maximum Gasteiger partial charge on any atom is 0.253 e. The summed E-state index contributed by atoms with van der Waals surface area (Å²) in [6, 6.07) is 7.21. The average Bonchev–Trinajstić information content (AvgIpc) is 2.57. The maximum absolute atomic E-state index is 12.5. The van der Waals surface area contributed by atoms with Gasteiger partial charge in [-0.25, -0.2) is 0 Å². The Morgan fingerprint density at radius 2 is 1.73 bits per heavy atom. The number of nitrogens with zero attached hydrogens (tertiary/aromatic N) is 2. The maximum atomic E-state index is 12.5. The van der Waals surface area contributed by atoms with Crippen molar-refractivity contribution in [3.05, 3.63) is 29.8 Å². The van der Waals surface area contributed by atoms with E-state index in [2.05, 4.69) is 4.90 Å². The molecule has 5 heteroatoms. The molecule has 22 heavy (non-hydrogen) atoms. The molecule has 0 bridgehead atoms. The number of amides is 1. The van der Waals surface area contributed by atoms with Crippen molar-refractivity contribution >= 4 is 11.6 Å². The molecule has 0 radical (unpaired) electrons. The lowest BCUT2D eigenvalue weighted by Crippen LogP contribution is -2.44. The van der Waals surface area contributed by atoms with Gasteiger partial charge in [0.25, 0.3) is 5.91 Å². The van der Waals surface area contributed by atoms with Gasteiger partial charge >= 0.3 is 0 Å². The van der Waals surface area contributed by atoms with Crippen molar-refractivity contribution in [1.29, 1.82) is 0 Å². The molecular weight excluding hydrogens is 278 g/mol. The molecular formula is C17H25N3O2. The van der Waals surface area contributed by atoms with E-state index < -0.39 is 0 Å². The molecule has 2 aliphatic rings. The lowest BCUT2D eigenvalue weighted by Gasteiger charge is -2.36. The number of ether oxygens (including phenoxy) is 1. The van der Waals surface area contributed by atoms with Gasteiger partial charge in [-0.05, 0) is 43.0 Å². The van der Waals surface area contributed by atoms with Crippen molar-refractivity contribution in [3.8, 4) is 0 Å². The highest BCUT2D eigenvalue weighted by molar-refractivity contribution is 5.94. The van der Waals surface area contributed by atoms with E-state index in [-0.39, 0.29) is 5.91 Å². The number of nitrogens with two attached hydrogens (primary N) is 1. The number of piperidine rings is 1. The first-order valence-electron chi connectivity index (χ1n) is 8.17. The summed E-state index contributed by atoms with van der Waals surface area (Å²) in [5, 5.41) is 0. The predicted octanol–water partition coefficient (Wildman–Crippen LogP) is 1.45. The predicted molar refractivity (Wildman–Crippen MR) is 86.7 cm³/mol. The summed E-state index contributed by atoms with van der Waals surface area (Å²) in [4.78, 5) is 16.9. The zero-order valence-electron chi connectivity index (χ0n) is 13.0. The Morgan fingerprint density at radius 1 is 1.09 bits per heavy atom. The molecule has 2 aliphatic heterocycles. The van der Waals surface area contributed by atoms with Gasteiger partial charge in [0.05, 0.1) is 13.2 Å². The van der Waals surface area contributed by atoms with E-state index in [0.29, 0.717) is 11.6 Å². The van der Waals surface area contributed by atoms with Crippen molar-refractivity contribution in [1.82, 2.24) is 9.80 Å². The standard InChI is InChI=1S/C17H25N3O2/c18-16-3-1-15(2-4-16)17(21)20-7-5-14(6-8-20)13-19-9-11-22-12-10-19/h1-4,14H,5-13,18H2. The summed E-state index contributed by atoms with van der Waals surface area (Å²) in [6.45, 7) is 6.67. The molecule has 2 saturated heterocycles. The van der Waals surface area contributed by atoms with Crippen molar-refractivity contribution in [2.75, 3.05) is 51.7 Å². The Bertz CT molecular complexity index is 489. The van der Waals surface area contributed by atoms with Crippen LogP contribution in [0.25, 0.3) is 0 Å². The molecule has 1 aromatic rings. The van der Waals surface area contributed by atoms with Crippen LogP contribution in [0.1, 0.15) is 23.2 Å². The topological polar surface area (TPSA) is 58.8 Å². The van der Waals surface area contributed by atoms with Gasteiger partial charge in [0, 0.05) is 44.0 Å². The zero-order chi connectivity index (χ0) is 15.4. The first-order chi connectivity index (χ1) is 10.7. The molecule has 1 aromatic carbocycles. The number of carbonyl (C=O) groups is 1. The van der Waals surface area contributed by atoms with Crippen molar-refractivity contribution in [3.63, 3.8) is 0 Å². The first kappa shape index (κ1) is 15.3. The monoisotopic (exact) mass is 303 g/mol. The second-order valence-electron chi connectivity index (χ2n) is 6.27. The zero-order valence-corrected chi connectivity index (χ0v) is 13.0. The van der Waals surface area contributed by atoms with Gasteiger partial charge in [-0.1, -0.05) is 0 Å². The van der Waals surface area contributed by atoms with Crippen LogP contribution in [-0.4, -0.2) is 61.6 Å². The van der Waals surface area contributed by atoms with Crippen molar-refractivity contribution in [2.24, 2.45) is 5.92 Å². The quantitative estimate of drug-likeness (QED) is 0.859. The lowest BCUT2D eigenvalue weighted by atomic mass is 9.95. The minimum Gasteiger partial charge on any atom is -0.399 e. The van der Waals surface area contributed by atoms with Crippen LogP contribution in [0.15, 0.2) is 24.3 Å². The van der Waals surface area contributed by atoms with Gasteiger partial charge in [0.2, 0.25) is 0 Å². The number of rotatable bonds is 3. The normalized spacial score (nSPS) is 21.0. The molecule has 2 fully saturated rings. The number of hydrogen-bond donors (Lipinski definition) is 1. The third kappa shape index (κ3) is 3.78. The molecule has 0 unspecified atom stereocenters. The van der Waals surface area contributed by atoms with Gasteiger partial charge in [-0.2, -0.15) is 0 Å². The fourth-order valence-corrected chi connectivity index (χ4v) is 3.28. The van der Waals surface area contributed by atoms with Crippen LogP contribution >= 0.6 is 0 Å². The van der Waals surface area contributed by atoms with Gasteiger partial charge in [-0.3, -0.25) is 9.69 Å². The second kappa shape index (κ2) is 7.11. The van der Waals surface area contributed by atoms with E-state index in [1.54, 1.807) is 12.1 Å². The Balaban J connectivity index is 1.48. The van der Waals surface area contributed by atoms with E-state index in [1.807, 2.05) is 17.0 Å². The molecule has 0 spiro atoms. The van der Waals surface area contributed by atoms with Crippen LogP contribution in [0.5, 0.6) is 0 Å². The summed E-state index contributed by atoms with van der Waals surface area (Å²) in [7, 11) is 0. The summed E-state index contributed by atoms with van der Waals surface area (Å²) < 4.78 is 5.39. The summed E-state index contributed by atoms with van der Waals surface area (Å²) >= 11 is 0. The number of hydrogen-bond acceptors (Lipinski definition) is 4. The highest BCUT2D eigenvalue weighted by Crippen LogP contribution is 2.21. The summed E-state index contributed by atoms with van der Waals surface area (Å²) in [5.41, 5.74) is 7.11. The largest absolute Gasteiger partial charge is 0.399 e. The highest BCUT2D eigenvalue weighted by Gasteiger charge is 2.25. The Kier molecular flexibility index (Phi) is 4.95. The highest BCUT2D eigenvalue weighted by atomic mass is 16.5. The molecule has 0 aromatic heterocycles. The Labute approximate surface area is 132 Å². The van der Waals surface area contributed by atoms with E-state index >= 15 is 0 Å². The van der Waals surface area contributed by atoms with Crippen molar-refractivity contribution in [2.45, 2.75) is 12.8 Å². The molecule has 2 N–H and O–H groups in total. The lowest BCUT2D eigenvalue weighted by molar-refractivity contribution is 0.0243. The number of nitrogen functional groups attached to an aromatic ring is 1. The SMILES string of the molecule is Nc1ccc(C(=O)N2CCC(CN3CCOCC3)CC2)cc1. The van der Waals surface area contributed by atoms with Crippen LogP contribution in [0.4, 0.5) is 5.69 Å². The average molecular weight is 303 g/mol. The van der Waals surface area contributed by atoms with Crippen LogP contribution in [0.3, 0.4) is 0 Å². The smallest absolute Gasteiger partial charge is 0.253 e.